The van der Waals surface area contributed by atoms with Gasteiger partial charge < -0.3 is 24.3 Å². The number of hydrogen-bond donors (Lipinski definition) is 1. The Labute approximate surface area is 225 Å². The molecule has 1 amide bonds. The van der Waals surface area contributed by atoms with Gasteiger partial charge in [-0.15, -0.1) is 0 Å². The van der Waals surface area contributed by atoms with E-state index in [1.54, 1.807) is 5.57 Å². The molecule has 1 spiro atoms. The van der Waals surface area contributed by atoms with Crippen LogP contribution in [0.1, 0.15) is 20.3 Å². The minimum Gasteiger partial charge on any atom is -0.461 e. The zero-order valence-electron chi connectivity index (χ0n) is 21.3. The summed E-state index contributed by atoms with van der Waals surface area (Å²) in [5.74, 6) is 1.96. The van der Waals surface area contributed by atoms with E-state index in [1.807, 2.05) is 19.9 Å². The van der Waals surface area contributed by atoms with E-state index >= 15 is 0 Å². The molecule has 2 aliphatic heterocycles. The standard InChI is InChI=1S/C29H28ClN5O3/c1-13(2)27(36)35-24-19-20-22(25(20)35)29(21(19)24)12-18(29)38-28-31-17-11-16(30)23(32-26(17)33-28)14-3-5-15(6-4-14)34-7-9-37-10-8-34/h3-6,11,13,18-19,21-22,24H,7-10,12H2,1-2H3,(H,31,32,33)/t18?,19?,21?,22-,24?,29?/m1/s1. The summed E-state index contributed by atoms with van der Waals surface area (Å²) in [6.07, 6.45) is 1.18. The first-order valence-corrected chi connectivity index (χ1v) is 14.1. The number of likely N-dealkylation sites (tertiary alicyclic amines) is 1. The summed E-state index contributed by atoms with van der Waals surface area (Å²) in [6.45, 7) is 7.32. The fourth-order valence-corrected chi connectivity index (χ4v) is 8.22. The molecule has 5 unspecified atom stereocenters. The van der Waals surface area contributed by atoms with Gasteiger partial charge in [0.25, 0.3) is 6.01 Å². The second-order valence-corrected chi connectivity index (χ2v) is 12.4. The SMILES string of the molecule is CC(C)C(=O)N1C2=C3C4C1C4C1(CC1Oc1nc4nc(-c5ccc(N6CCOCC6)cc5)c(Cl)cc4[nH]1)[C@H]32. The number of hydrogen-bond acceptors (Lipinski definition) is 6. The predicted molar refractivity (Wildman–Crippen MR) is 142 cm³/mol. The molecule has 9 rings (SSSR count). The van der Waals surface area contributed by atoms with Gasteiger partial charge in [0.15, 0.2) is 5.65 Å². The second-order valence-electron chi connectivity index (χ2n) is 12.0. The van der Waals surface area contributed by atoms with Crippen LogP contribution in [0, 0.1) is 29.1 Å². The third-order valence-corrected chi connectivity index (χ3v) is 10.0. The Kier molecular flexibility index (Phi) is 4.07. The lowest BCUT2D eigenvalue weighted by Gasteiger charge is -2.32. The number of fused-ring (bicyclic) bond motifs is 5. The van der Waals surface area contributed by atoms with Gasteiger partial charge >= 0.3 is 0 Å². The molecule has 4 fully saturated rings. The average molecular weight is 530 g/mol. The largest absolute Gasteiger partial charge is 0.461 e. The van der Waals surface area contributed by atoms with Crippen LogP contribution in [0.4, 0.5) is 5.69 Å². The maximum atomic E-state index is 12.8. The first kappa shape index (κ1) is 21.8. The fraction of sp³-hybridized carbons (Fsp3) is 0.483. The number of imidazole rings is 1. The zero-order chi connectivity index (χ0) is 25.5. The summed E-state index contributed by atoms with van der Waals surface area (Å²) < 4.78 is 11.9. The molecule has 3 saturated carbocycles. The number of halogens is 1. The Morgan fingerprint density at radius 3 is 2.68 bits per heavy atom. The lowest BCUT2D eigenvalue weighted by atomic mass is 9.89. The third kappa shape index (κ3) is 2.67. The van der Waals surface area contributed by atoms with Crippen molar-refractivity contribution in [2.24, 2.45) is 29.1 Å². The van der Waals surface area contributed by atoms with Gasteiger partial charge in [0.05, 0.1) is 29.4 Å². The summed E-state index contributed by atoms with van der Waals surface area (Å²) in [5.41, 5.74) is 7.30. The zero-order valence-corrected chi connectivity index (χ0v) is 22.0. The Balaban J connectivity index is 0.937. The number of nitrogens with zero attached hydrogens (tertiary/aromatic N) is 4. The topological polar surface area (TPSA) is 83.6 Å². The summed E-state index contributed by atoms with van der Waals surface area (Å²) >= 11 is 6.67. The maximum absolute atomic E-state index is 12.8. The number of allylic oxidation sites excluding steroid dienone is 1. The highest BCUT2D eigenvalue weighted by Crippen LogP contribution is 2.90. The highest BCUT2D eigenvalue weighted by molar-refractivity contribution is 6.33. The molecule has 0 bridgehead atoms. The van der Waals surface area contributed by atoms with Crippen molar-refractivity contribution in [3.05, 3.63) is 46.6 Å². The summed E-state index contributed by atoms with van der Waals surface area (Å²) in [7, 11) is 0. The Morgan fingerprint density at radius 2 is 2.00 bits per heavy atom. The number of carbonyl (C=O) groups is 1. The number of morpholine rings is 1. The van der Waals surface area contributed by atoms with Gasteiger partial charge in [-0.1, -0.05) is 37.6 Å². The van der Waals surface area contributed by atoms with Crippen LogP contribution in [0.25, 0.3) is 22.4 Å². The van der Waals surface area contributed by atoms with Crippen molar-refractivity contribution in [2.75, 3.05) is 31.2 Å². The first-order valence-electron chi connectivity index (χ1n) is 13.7. The Hall–Kier alpha value is -3.10. The number of rotatable bonds is 5. The Bertz CT molecular complexity index is 1570. The normalized spacial score (nSPS) is 33.5. The molecule has 4 aliphatic carbocycles. The van der Waals surface area contributed by atoms with Crippen molar-refractivity contribution in [2.45, 2.75) is 32.4 Å². The molecule has 6 atom stereocenters. The van der Waals surface area contributed by atoms with Crippen molar-refractivity contribution in [1.82, 2.24) is 19.9 Å². The van der Waals surface area contributed by atoms with Crippen LogP contribution in [0.15, 0.2) is 41.6 Å². The number of aromatic amines is 1. The van der Waals surface area contributed by atoms with Gasteiger partial charge in [0.2, 0.25) is 5.91 Å². The highest BCUT2D eigenvalue weighted by Gasteiger charge is 2.92. The highest BCUT2D eigenvalue weighted by atomic mass is 35.5. The van der Waals surface area contributed by atoms with Crippen molar-refractivity contribution in [3.63, 3.8) is 0 Å². The van der Waals surface area contributed by atoms with Crippen LogP contribution >= 0.6 is 11.6 Å². The summed E-state index contributed by atoms with van der Waals surface area (Å²) in [6, 6.07) is 11.1. The lowest BCUT2D eigenvalue weighted by molar-refractivity contribution is -0.134. The van der Waals surface area contributed by atoms with E-state index in [0.29, 0.717) is 46.2 Å². The number of carbonyl (C=O) groups excluding carboxylic acids is 1. The number of H-pyrrole nitrogens is 1. The molecular weight excluding hydrogens is 502 g/mol. The van der Waals surface area contributed by atoms with Crippen LogP contribution in [-0.4, -0.2) is 64.2 Å². The molecule has 4 heterocycles. The number of amides is 1. The van der Waals surface area contributed by atoms with Gasteiger partial charge in [-0.25, -0.2) is 4.98 Å². The van der Waals surface area contributed by atoms with Crippen molar-refractivity contribution in [1.29, 1.82) is 0 Å². The van der Waals surface area contributed by atoms with E-state index in [0.717, 1.165) is 43.8 Å². The molecule has 1 saturated heterocycles. The number of pyridine rings is 1. The van der Waals surface area contributed by atoms with Crippen LogP contribution in [-0.2, 0) is 9.53 Å². The molecular formula is C29H28ClN5O3. The molecule has 2 aromatic heterocycles. The van der Waals surface area contributed by atoms with Crippen LogP contribution in [0.2, 0.25) is 5.02 Å². The predicted octanol–water partition coefficient (Wildman–Crippen LogP) is 4.26. The minimum atomic E-state index is 0.0489. The molecule has 1 N–H and O–H groups in total. The third-order valence-electron chi connectivity index (χ3n) is 9.74. The lowest BCUT2D eigenvalue weighted by Crippen LogP contribution is -2.41. The quantitative estimate of drug-likeness (QED) is 0.531. The van der Waals surface area contributed by atoms with Crippen LogP contribution in [0.3, 0.4) is 0 Å². The number of benzene rings is 1. The van der Waals surface area contributed by atoms with Crippen molar-refractivity contribution in [3.8, 4) is 17.3 Å². The van der Waals surface area contributed by atoms with Gasteiger partial charge in [0.1, 0.15) is 6.10 Å². The fourth-order valence-electron chi connectivity index (χ4n) is 7.96. The molecule has 194 valence electrons. The van der Waals surface area contributed by atoms with Gasteiger partial charge in [-0.05, 0) is 36.1 Å². The molecule has 38 heavy (non-hydrogen) atoms. The average Bonchev–Trinajstić information content (AvgIpc) is 3.85. The molecule has 9 heteroatoms. The van der Waals surface area contributed by atoms with E-state index in [2.05, 4.69) is 39.0 Å². The minimum absolute atomic E-state index is 0.0489. The van der Waals surface area contributed by atoms with E-state index in [-0.39, 0.29) is 23.3 Å². The van der Waals surface area contributed by atoms with Crippen molar-refractivity contribution >= 4 is 34.4 Å². The van der Waals surface area contributed by atoms with Gasteiger partial charge in [-0.3, -0.25) is 4.79 Å². The molecule has 6 aliphatic rings. The number of ether oxygens (including phenoxy) is 2. The second kappa shape index (κ2) is 7.10. The van der Waals surface area contributed by atoms with Crippen LogP contribution < -0.4 is 9.64 Å². The van der Waals surface area contributed by atoms with E-state index in [4.69, 9.17) is 31.0 Å². The number of piperidine rings is 2. The molecule has 3 aromatic rings. The summed E-state index contributed by atoms with van der Waals surface area (Å²) in [4.78, 5) is 30.0. The first-order chi connectivity index (χ1) is 18.5. The number of nitrogens with one attached hydrogen (secondary N) is 1. The molecule has 8 nitrogen and oxygen atoms in total. The van der Waals surface area contributed by atoms with Gasteiger partial charge in [0, 0.05) is 59.2 Å². The monoisotopic (exact) mass is 529 g/mol. The van der Waals surface area contributed by atoms with E-state index in [9.17, 15) is 4.79 Å². The molecule has 1 aromatic carbocycles. The van der Waals surface area contributed by atoms with E-state index in [1.165, 1.54) is 11.4 Å². The van der Waals surface area contributed by atoms with E-state index < -0.39 is 0 Å². The summed E-state index contributed by atoms with van der Waals surface area (Å²) in [5, 5.41) is 0.579. The maximum Gasteiger partial charge on any atom is 0.296 e. The Morgan fingerprint density at radius 1 is 1.21 bits per heavy atom. The smallest absolute Gasteiger partial charge is 0.296 e. The number of anilines is 1. The molecule has 0 radical (unpaired) electrons. The van der Waals surface area contributed by atoms with Crippen LogP contribution in [0.5, 0.6) is 6.01 Å². The van der Waals surface area contributed by atoms with Crippen molar-refractivity contribution < 1.29 is 14.3 Å². The van der Waals surface area contributed by atoms with Gasteiger partial charge in [-0.2, -0.15) is 4.98 Å². The number of aromatic nitrogens is 3.